The molecule has 1 amide bonds. The van der Waals surface area contributed by atoms with Gasteiger partial charge in [-0.05, 0) is 19.3 Å². The van der Waals surface area contributed by atoms with E-state index >= 15 is 0 Å². The first-order valence-corrected chi connectivity index (χ1v) is 3.26. The molecule has 2 N–H and O–H groups in total. The molecule has 0 aliphatic heterocycles. The minimum Gasteiger partial charge on any atom is -0.369 e. The lowest BCUT2D eigenvalue weighted by Crippen LogP contribution is -2.22. The van der Waals surface area contributed by atoms with Crippen molar-refractivity contribution >= 4 is 5.91 Å². The van der Waals surface area contributed by atoms with Crippen molar-refractivity contribution in [3.63, 3.8) is 0 Å². The van der Waals surface area contributed by atoms with Crippen LogP contribution in [0.1, 0.15) is 19.3 Å². The molecule has 1 atom stereocenters. The maximum Gasteiger partial charge on any atom is 0.224 e. The highest BCUT2D eigenvalue weighted by atomic mass is 16.1. The Labute approximate surface area is 54.7 Å². The molecular formula is C7H11NO. The van der Waals surface area contributed by atoms with Gasteiger partial charge in [-0.25, -0.2) is 0 Å². The Bertz CT molecular complexity index is 140. The van der Waals surface area contributed by atoms with Gasteiger partial charge in [0.2, 0.25) is 5.91 Å². The van der Waals surface area contributed by atoms with E-state index in [1.54, 1.807) is 0 Å². The number of rotatable bonds is 1. The van der Waals surface area contributed by atoms with E-state index in [1.165, 1.54) is 0 Å². The van der Waals surface area contributed by atoms with Crippen molar-refractivity contribution in [2.24, 2.45) is 11.7 Å². The smallest absolute Gasteiger partial charge is 0.224 e. The van der Waals surface area contributed by atoms with Crippen LogP contribution in [0.15, 0.2) is 12.2 Å². The van der Waals surface area contributed by atoms with Crippen LogP contribution < -0.4 is 5.73 Å². The van der Waals surface area contributed by atoms with Crippen LogP contribution in [0.2, 0.25) is 0 Å². The zero-order valence-corrected chi connectivity index (χ0v) is 5.34. The Balaban J connectivity index is 2.50. The molecule has 0 radical (unpaired) electrons. The molecule has 1 aliphatic carbocycles. The highest BCUT2D eigenvalue weighted by Gasteiger charge is 2.12. The van der Waals surface area contributed by atoms with E-state index in [1.807, 2.05) is 12.2 Å². The molecule has 0 aromatic rings. The molecule has 2 nitrogen and oxygen atoms in total. The van der Waals surface area contributed by atoms with Gasteiger partial charge in [-0.2, -0.15) is 0 Å². The minimum atomic E-state index is -0.189. The highest BCUT2D eigenvalue weighted by Crippen LogP contribution is 2.15. The molecule has 0 bridgehead atoms. The Morgan fingerprint density at radius 1 is 1.67 bits per heavy atom. The van der Waals surface area contributed by atoms with E-state index in [-0.39, 0.29) is 11.8 Å². The summed E-state index contributed by atoms with van der Waals surface area (Å²) in [5.41, 5.74) is 5.08. The van der Waals surface area contributed by atoms with Gasteiger partial charge in [0.05, 0.1) is 5.92 Å². The summed E-state index contributed by atoms with van der Waals surface area (Å²) in [5.74, 6) is -0.176. The Morgan fingerprint density at radius 3 is 2.78 bits per heavy atom. The van der Waals surface area contributed by atoms with Crippen molar-refractivity contribution in [3.05, 3.63) is 12.2 Å². The monoisotopic (exact) mass is 125 g/mol. The third-order valence-electron chi connectivity index (χ3n) is 1.62. The van der Waals surface area contributed by atoms with Gasteiger partial charge in [-0.3, -0.25) is 4.79 Å². The predicted molar refractivity (Wildman–Crippen MR) is 35.7 cm³/mol. The molecule has 9 heavy (non-hydrogen) atoms. The standard InChI is InChI=1S/C7H11NO/c8-7(9)6-4-2-1-3-5-6/h2,4,6H,1,3,5H2,(H2,8,9)/t6-/m0/s1. The molecule has 0 fully saturated rings. The molecule has 0 spiro atoms. The third-order valence-corrected chi connectivity index (χ3v) is 1.62. The van der Waals surface area contributed by atoms with Crippen LogP contribution in [-0.2, 0) is 4.79 Å². The van der Waals surface area contributed by atoms with Crippen LogP contribution >= 0.6 is 0 Å². The van der Waals surface area contributed by atoms with E-state index in [2.05, 4.69) is 0 Å². The second-order valence-electron chi connectivity index (χ2n) is 2.37. The second kappa shape index (κ2) is 2.67. The average molecular weight is 125 g/mol. The van der Waals surface area contributed by atoms with Crippen molar-refractivity contribution in [2.75, 3.05) is 0 Å². The summed E-state index contributed by atoms with van der Waals surface area (Å²) in [6.07, 6.45) is 7.07. The van der Waals surface area contributed by atoms with Crippen LogP contribution in [0.3, 0.4) is 0 Å². The Morgan fingerprint density at radius 2 is 2.44 bits per heavy atom. The first-order valence-electron chi connectivity index (χ1n) is 3.26. The molecule has 0 saturated heterocycles. The van der Waals surface area contributed by atoms with Gasteiger partial charge in [0.15, 0.2) is 0 Å². The van der Waals surface area contributed by atoms with Gasteiger partial charge >= 0.3 is 0 Å². The molecule has 0 aromatic heterocycles. The first-order chi connectivity index (χ1) is 4.30. The Kier molecular flexibility index (Phi) is 1.88. The predicted octanol–water partition coefficient (Wildman–Crippen LogP) is 0.828. The number of carbonyl (C=O) groups is 1. The second-order valence-corrected chi connectivity index (χ2v) is 2.37. The number of hydrogen-bond acceptors (Lipinski definition) is 1. The number of amides is 1. The zero-order valence-electron chi connectivity index (χ0n) is 5.34. The lowest BCUT2D eigenvalue weighted by molar-refractivity contribution is -0.120. The molecule has 0 aromatic carbocycles. The summed E-state index contributed by atoms with van der Waals surface area (Å²) in [7, 11) is 0. The zero-order chi connectivity index (χ0) is 6.69. The van der Waals surface area contributed by atoms with E-state index in [0.29, 0.717) is 0 Å². The van der Waals surface area contributed by atoms with Crippen LogP contribution in [-0.4, -0.2) is 5.91 Å². The maximum atomic E-state index is 10.5. The highest BCUT2D eigenvalue weighted by molar-refractivity contribution is 5.78. The number of allylic oxidation sites excluding steroid dienone is 1. The van der Waals surface area contributed by atoms with Crippen LogP contribution in [0, 0.1) is 5.92 Å². The van der Waals surface area contributed by atoms with Crippen molar-refractivity contribution in [1.29, 1.82) is 0 Å². The van der Waals surface area contributed by atoms with Gasteiger partial charge in [-0.15, -0.1) is 0 Å². The third kappa shape index (κ3) is 1.56. The summed E-state index contributed by atoms with van der Waals surface area (Å²) in [4.78, 5) is 10.5. The van der Waals surface area contributed by atoms with E-state index in [4.69, 9.17) is 5.73 Å². The SMILES string of the molecule is NC(=O)[C@H]1C=CCCC1. The fraction of sp³-hybridized carbons (Fsp3) is 0.571. The molecule has 1 rings (SSSR count). The van der Waals surface area contributed by atoms with Crippen molar-refractivity contribution in [1.82, 2.24) is 0 Å². The summed E-state index contributed by atoms with van der Waals surface area (Å²) in [6.45, 7) is 0. The molecule has 1 aliphatic rings. The number of hydrogen-bond donors (Lipinski definition) is 1. The lowest BCUT2D eigenvalue weighted by Gasteiger charge is -2.10. The van der Waals surface area contributed by atoms with Gasteiger partial charge in [-0.1, -0.05) is 12.2 Å². The quantitative estimate of drug-likeness (QED) is 0.518. The van der Waals surface area contributed by atoms with Crippen LogP contribution in [0.4, 0.5) is 0 Å². The van der Waals surface area contributed by atoms with Gasteiger partial charge < -0.3 is 5.73 Å². The fourth-order valence-electron chi connectivity index (χ4n) is 1.05. The van der Waals surface area contributed by atoms with Gasteiger partial charge in [0.1, 0.15) is 0 Å². The molecule has 0 saturated carbocycles. The molecule has 2 heteroatoms. The minimum absolute atomic E-state index is 0.0127. The average Bonchev–Trinajstić information content (AvgIpc) is 1.90. The van der Waals surface area contributed by atoms with Crippen molar-refractivity contribution < 1.29 is 4.79 Å². The summed E-state index contributed by atoms with van der Waals surface area (Å²) in [5, 5.41) is 0. The summed E-state index contributed by atoms with van der Waals surface area (Å²) in [6, 6.07) is 0. The molecule has 0 heterocycles. The topological polar surface area (TPSA) is 43.1 Å². The van der Waals surface area contributed by atoms with Crippen molar-refractivity contribution in [2.45, 2.75) is 19.3 Å². The number of carbonyl (C=O) groups excluding carboxylic acids is 1. The van der Waals surface area contributed by atoms with Crippen LogP contribution in [0.25, 0.3) is 0 Å². The van der Waals surface area contributed by atoms with Gasteiger partial charge in [0, 0.05) is 0 Å². The first kappa shape index (κ1) is 6.33. The van der Waals surface area contributed by atoms with Gasteiger partial charge in [0.25, 0.3) is 0 Å². The number of primary amides is 1. The molecular weight excluding hydrogens is 114 g/mol. The summed E-state index contributed by atoms with van der Waals surface area (Å²) < 4.78 is 0. The van der Waals surface area contributed by atoms with E-state index in [0.717, 1.165) is 19.3 Å². The molecule has 0 unspecified atom stereocenters. The lowest BCUT2D eigenvalue weighted by atomic mass is 9.96. The maximum absolute atomic E-state index is 10.5. The van der Waals surface area contributed by atoms with E-state index < -0.39 is 0 Å². The summed E-state index contributed by atoms with van der Waals surface area (Å²) >= 11 is 0. The van der Waals surface area contributed by atoms with Crippen molar-refractivity contribution in [3.8, 4) is 0 Å². The number of nitrogens with two attached hydrogens (primary N) is 1. The fourth-order valence-corrected chi connectivity index (χ4v) is 1.05. The normalized spacial score (nSPS) is 26.0. The largest absolute Gasteiger partial charge is 0.369 e. The molecule has 50 valence electrons. The van der Waals surface area contributed by atoms with Crippen LogP contribution in [0.5, 0.6) is 0 Å². The Hall–Kier alpha value is -0.790. The van der Waals surface area contributed by atoms with E-state index in [9.17, 15) is 4.79 Å².